The van der Waals surface area contributed by atoms with Crippen molar-refractivity contribution < 1.29 is 13.6 Å². The highest BCUT2D eigenvalue weighted by Gasteiger charge is 2.54. The predicted octanol–water partition coefficient (Wildman–Crippen LogP) is 8.23. The summed E-state index contributed by atoms with van der Waals surface area (Å²) in [6.07, 6.45) is 15.4. The summed E-state index contributed by atoms with van der Waals surface area (Å²) in [4.78, 5) is 15.1. The highest BCUT2D eigenvalue weighted by Crippen LogP contribution is 2.56. The van der Waals surface area contributed by atoms with Crippen molar-refractivity contribution in [1.82, 2.24) is 25.5 Å². The Kier molecular flexibility index (Phi) is 9.74. The van der Waals surface area contributed by atoms with E-state index in [1.807, 2.05) is 19.9 Å². The fourth-order valence-corrected chi connectivity index (χ4v) is 8.12. The minimum absolute atomic E-state index is 0.0143. The maximum absolute atomic E-state index is 13.1. The van der Waals surface area contributed by atoms with Gasteiger partial charge >= 0.3 is 0 Å². The first-order chi connectivity index (χ1) is 20.6. The number of allylic oxidation sites excluding steroid dienone is 5. The second-order valence-electron chi connectivity index (χ2n) is 13.3. The maximum atomic E-state index is 13.1. The molecule has 0 bridgehead atoms. The molecule has 0 spiro atoms. The number of aromatic amines is 1. The number of hydrogen-bond acceptors (Lipinski definition) is 5. The average Bonchev–Trinajstić information content (AvgIpc) is 3.74. The molecular weight excluding hydrogens is 544 g/mol. The van der Waals surface area contributed by atoms with Crippen molar-refractivity contribution in [2.75, 3.05) is 13.1 Å². The van der Waals surface area contributed by atoms with Crippen LogP contribution in [0.5, 0.6) is 0 Å². The Morgan fingerprint density at radius 1 is 1.16 bits per heavy atom. The van der Waals surface area contributed by atoms with E-state index in [2.05, 4.69) is 50.3 Å². The van der Waals surface area contributed by atoms with Crippen LogP contribution < -0.4 is 0 Å². The summed E-state index contributed by atoms with van der Waals surface area (Å²) >= 11 is 0. The van der Waals surface area contributed by atoms with Gasteiger partial charge in [-0.05, 0) is 131 Å². The number of H-pyrrole nitrogens is 1. The molecule has 1 aromatic heterocycles. The van der Waals surface area contributed by atoms with Crippen molar-refractivity contribution in [2.24, 2.45) is 11.3 Å². The van der Waals surface area contributed by atoms with Crippen LogP contribution in [0.4, 0.5) is 8.78 Å². The van der Waals surface area contributed by atoms with Crippen LogP contribution in [-0.2, 0) is 4.79 Å². The number of Topliss-reactive ketones (excluding diaryl/α,β-unsaturated/α-hetero) is 1. The number of rotatable bonds is 7. The van der Waals surface area contributed by atoms with Gasteiger partial charge in [0.15, 0.2) is 0 Å². The zero-order chi connectivity index (χ0) is 30.6. The van der Waals surface area contributed by atoms with Gasteiger partial charge in [0, 0.05) is 29.5 Å². The van der Waals surface area contributed by atoms with E-state index >= 15 is 0 Å². The lowest BCUT2D eigenvalue weighted by atomic mass is 9.77. The summed E-state index contributed by atoms with van der Waals surface area (Å²) in [6, 6.07) is 9.20. The average molecular weight is 592 g/mol. The Morgan fingerprint density at radius 2 is 1.93 bits per heavy atom. The van der Waals surface area contributed by atoms with Gasteiger partial charge in [-0.2, -0.15) is 5.21 Å². The molecule has 1 aliphatic heterocycles. The van der Waals surface area contributed by atoms with Crippen molar-refractivity contribution in [3.05, 3.63) is 65.3 Å². The molecular formula is C35H47F2N5O. The molecule has 8 heteroatoms. The number of nitrogens with one attached hydrogen (secondary N) is 1. The molecule has 0 amide bonds. The zero-order valence-electron chi connectivity index (χ0n) is 26.0. The van der Waals surface area contributed by atoms with Gasteiger partial charge in [-0.3, -0.25) is 4.79 Å². The summed E-state index contributed by atoms with van der Waals surface area (Å²) < 4.78 is 26.2. The monoisotopic (exact) mass is 591 g/mol. The second kappa shape index (κ2) is 13.3. The van der Waals surface area contributed by atoms with E-state index in [1.54, 1.807) is 6.08 Å². The minimum atomic E-state index is -2.79. The Labute approximate surface area is 255 Å². The van der Waals surface area contributed by atoms with Crippen molar-refractivity contribution in [2.45, 2.75) is 109 Å². The molecule has 2 saturated carbocycles. The Morgan fingerprint density at radius 3 is 2.56 bits per heavy atom. The number of benzene rings is 1. The van der Waals surface area contributed by atoms with E-state index < -0.39 is 5.92 Å². The second-order valence-corrected chi connectivity index (χ2v) is 13.3. The Bertz CT molecular complexity index is 1340. The third-order valence-corrected chi connectivity index (χ3v) is 10.7. The SMILES string of the molecule is C=C/C(=C\C1=C(C)CCCC1)C(C)(F)F.CC(=O)C12CCCC1C[C@H](N1CCC(c3cccc(-c4nn[nH]n4)c3)CC1)C2. The standard InChI is InChI=1S/C22H29N5O.C13H18F2/c1-15(28)22-9-3-6-19(22)13-20(14-22)27-10-7-16(8-11-27)17-4-2-5-18(12-17)21-23-25-26-24-21;1-4-12(13(3,14)15)9-11-8-6-5-7-10(11)2/h2,4-5,12,16,19-20H,3,6-11,13-14H2,1H3,(H,23,24,25,26);4,9H,1,5-8H2,2-3H3/b;12-9+/t19?,20-,22?;/m0./s1. The van der Waals surface area contributed by atoms with Crippen molar-refractivity contribution in [3.8, 4) is 11.4 Å². The van der Waals surface area contributed by atoms with Crippen LogP contribution in [0.1, 0.15) is 103 Å². The summed E-state index contributed by atoms with van der Waals surface area (Å²) in [5, 5.41) is 14.4. The van der Waals surface area contributed by atoms with Crippen molar-refractivity contribution in [3.63, 3.8) is 0 Å². The number of halogens is 2. The molecule has 1 saturated heterocycles. The molecule has 1 aromatic carbocycles. The molecule has 2 heterocycles. The predicted molar refractivity (Wildman–Crippen MR) is 167 cm³/mol. The molecule has 43 heavy (non-hydrogen) atoms. The van der Waals surface area contributed by atoms with Gasteiger partial charge in [-0.1, -0.05) is 42.8 Å². The quantitative estimate of drug-likeness (QED) is 0.328. The fourth-order valence-electron chi connectivity index (χ4n) is 8.12. The molecule has 1 N–H and O–H groups in total. The highest BCUT2D eigenvalue weighted by molar-refractivity contribution is 5.83. The van der Waals surface area contributed by atoms with E-state index in [0.29, 0.717) is 29.5 Å². The van der Waals surface area contributed by atoms with Gasteiger partial charge in [0.05, 0.1) is 0 Å². The first kappa shape index (κ1) is 31.4. The molecule has 6 rings (SSSR count). The van der Waals surface area contributed by atoms with Crippen LogP contribution in [0.2, 0.25) is 0 Å². The van der Waals surface area contributed by atoms with Crippen LogP contribution in [0, 0.1) is 11.3 Å². The van der Waals surface area contributed by atoms with Crippen LogP contribution in [-0.4, -0.2) is 56.4 Å². The summed E-state index contributed by atoms with van der Waals surface area (Å²) in [5.74, 6) is -0.450. The summed E-state index contributed by atoms with van der Waals surface area (Å²) in [6.45, 7) is 10.5. The van der Waals surface area contributed by atoms with E-state index in [0.717, 1.165) is 63.3 Å². The number of carbonyl (C=O) groups is 1. The lowest BCUT2D eigenvalue weighted by molar-refractivity contribution is -0.127. The van der Waals surface area contributed by atoms with Crippen LogP contribution in [0.3, 0.4) is 0 Å². The molecule has 0 radical (unpaired) electrons. The lowest BCUT2D eigenvalue weighted by Gasteiger charge is -2.37. The smallest absolute Gasteiger partial charge is 0.270 e. The van der Waals surface area contributed by atoms with Crippen molar-refractivity contribution in [1.29, 1.82) is 0 Å². The van der Waals surface area contributed by atoms with Gasteiger partial charge < -0.3 is 4.90 Å². The van der Waals surface area contributed by atoms with E-state index in [9.17, 15) is 13.6 Å². The van der Waals surface area contributed by atoms with E-state index in [4.69, 9.17) is 0 Å². The van der Waals surface area contributed by atoms with Crippen molar-refractivity contribution >= 4 is 5.78 Å². The number of aromatic nitrogens is 4. The number of hydrogen-bond donors (Lipinski definition) is 1. The largest absolute Gasteiger partial charge is 0.300 e. The topological polar surface area (TPSA) is 74.8 Å². The third kappa shape index (κ3) is 7.05. The Hall–Kier alpha value is -3.00. The number of nitrogens with zero attached hydrogens (tertiary/aromatic N) is 4. The molecule has 4 aliphatic rings. The van der Waals surface area contributed by atoms with Gasteiger partial charge in [-0.15, -0.1) is 10.2 Å². The lowest BCUT2D eigenvalue weighted by Crippen LogP contribution is -2.41. The molecule has 3 atom stereocenters. The summed E-state index contributed by atoms with van der Waals surface area (Å²) in [7, 11) is 0. The van der Waals surface area contributed by atoms with E-state index in [1.165, 1.54) is 55.7 Å². The number of alkyl halides is 2. The fraction of sp³-hybridized carbons (Fsp3) is 0.600. The molecule has 6 nitrogen and oxygen atoms in total. The van der Waals surface area contributed by atoms with Gasteiger partial charge in [-0.25, -0.2) is 8.78 Å². The van der Waals surface area contributed by atoms with Crippen LogP contribution >= 0.6 is 0 Å². The van der Waals surface area contributed by atoms with Crippen LogP contribution in [0.15, 0.2) is 59.7 Å². The molecule has 2 unspecified atom stereocenters. The Balaban J connectivity index is 0.000000209. The molecule has 2 aromatic rings. The molecule has 3 fully saturated rings. The first-order valence-corrected chi connectivity index (χ1v) is 16.1. The van der Waals surface area contributed by atoms with Gasteiger partial charge in [0.1, 0.15) is 5.78 Å². The molecule has 3 aliphatic carbocycles. The van der Waals surface area contributed by atoms with Crippen LogP contribution in [0.25, 0.3) is 11.4 Å². The summed E-state index contributed by atoms with van der Waals surface area (Å²) in [5.41, 5.74) is 4.76. The number of likely N-dealkylation sites (tertiary alicyclic amines) is 1. The van der Waals surface area contributed by atoms with Gasteiger partial charge in [0.25, 0.3) is 5.92 Å². The number of tetrazole rings is 1. The highest BCUT2D eigenvalue weighted by atomic mass is 19.3. The number of piperidine rings is 1. The number of fused-ring (bicyclic) bond motifs is 1. The van der Waals surface area contributed by atoms with Gasteiger partial charge in [0.2, 0.25) is 5.82 Å². The molecule has 232 valence electrons. The maximum Gasteiger partial charge on any atom is 0.270 e. The zero-order valence-corrected chi connectivity index (χ0v) is 26.0. The number of carbonyl (C=O) groups excluding carboxylic acids is 1. The number of ketones is 1. The van der Waals surface area contributed by atoms with E-state index in [-0.39, 0.29) is 11.0 Å². The minimum Gasteiger partial charge on any atom is -0.300 e. The first-order valence-electron chi connectivity index (χ1n) is 16.1. The normalized spacial score (nSPS) is 27.0. The third-order valence-electron chi connectivity index (χ3n) is 10.7.